The van der Waals surface area contributed by atoms with Crippen molar-refractivity contribution in [2.75, 3.05) is 7.11 Å². The van der Waals surface area contributed by atoms with Gasteiger partial charge in [0.25, 0.3) is 0 Å². The van der Waals surface area contributed by atoms with Gasteiger partial charge in [-0.15, -0.1) is 0 Å². The van der Waals surface area contributed by atoms with Gasteiger partial charge in [0, 0.05) is 6.92 Å². The third-order valence-electron chi connectivity index (χ3n) is 1.72. The second-order valence-corrected chi connectivity index (χ2v) is 3.76. The predicted molar refractivity (Wildman–Crippen MR) is 63.8 cm³/mol. The maximum atomic E-state index is 10.9. The largest absolute Gasteiger partial charge is 0.493 e. The van der Waals surface area contributed by atoms with Gasteiger partial charge in [0.1, 0.15) is 0 Å². The van der Waals surface area contributed by atoms with E-state index in [0.29, 0.717) is 16.0 Å². The third-order valence-corrected chi connectivity index (χ3v) is 2.31. The van der Waals surface area contributed by atoms with Gasteiger partial charge in [0.2, 0.25) is 0 Å². The Morgan fingerprint density at radius 1 is 1.56 bits per heavy atom. The summed E-state index contributed by atoms with van der Waals surface area (Å²) >= 11 is 3.28. The molecule has 0 radical (unpaired) electrons. The van der Waals surface area contributed by atoms with Crippen molar-refractivity contribution in [2.45, 2.75) is 6.92 Å². The fraction of sp³-hybridized carbons (Fsp3) is 0.200. The number of hydrogen-bond acceptors (Lipinski definition) is 5. The zero-order valence-corrected chi connectivity index (χ0v) is 10.4. The Morgan fingerprint density at radius 2 is 2.25 bits per heavy atom. The molecule has 0 aliphatic rings. The zero-order chi connectivity index (χ0) is 12.1. The van der Waals surface area contributed by atoms with Crippen LogP contribution in [0.5, 0.6) is 11.5 Å². The number of carbonyl (C=O) groups is 1. The van der Waals surface area contributed by atoms with Crippen molar-refractivity contribution in [1.82, 2.24) is 0 Å². The Hall–Kier alpha value is -1.56. The third kappa shape index (κ3) is 2.96. The Balaban J connectivity index is 3.22. The van der Waals surface area contributed by atoms with E-state index in [9.17, 15) is 4.79 Å². The van der Waals surface area contributed by atoms with E-state index in [1.165, 1.54) is 20.2 Å². The minimum absolute atomic E-state index is 0.337. The Bertz CT molecular complexity index is 432. The van der Waals surface area contributed by atoms with Gasteiger partial charge in [-0.05, 0) is 33.6 Å². The molecule has 0 saturated carbocycles. The lowest BCUT2D eigenvalue weighted by Crippen LogP contribution is -2.04. The molecule has 0 aromatic heterocycles. The molecule has 1 aromatic carbocycles. The van der Waals surface area contributed by atoms with Gasteiger partial charge in [0.05, 0.1) is 17.8 Å². The van der Waals surface area contributed by atoms with Crippen LogP contribution < -0.4 is 15.3 Å². The van der Waals surface area contributed by atoms with Crippen molar-refractivity contribution in [2.24, 2.45) is 10.9 Å². The van der Waals surface area contributed by atoms with Crippen molar-refractivity contribution in [1.29, 1.82) is 0 Å². The summed E-state index contributed by atoms with van der Waals surface area (Å²) in [6, 6.07) is 3.39. The molecule has 0 atom stereocenters. The van der Waals surface area contributed by atoms with Crippen LogP contribution in [0.4, 0.5) is 0 Å². The van der Waals surface area contributed by atoms with Crippen LogP contribution >= 0.6 is 15.9 Å². The van der Waals surface area contributed by atoms with Crippen molar-refractivity contribution in [3.05, 3.63) is 22.2 Å². The summed E-state index contributed by atoms with van der Waals surface area (Å²) in [5.41, 5.74) is 0.738. The zero-order valence-electron chi connectivity index (χ0n) is 8.86. The number of benzene rings is 1. The maximum absolute atomic E-state index is 10.9. The summed E-state index contributed by atoms with van der Waals surface area (Å²) in [5.74, 6) is 5.40. The van der Waals surface area contributed by atoms with Gasteiger partial charge in [-0.3, -0.25) is 4.79 Å². The van der Waals surface area contributed by atoms with Crippen LogP contribution in [0.2, 0.25) is 0 Å². The fourth-order valence-electron chi connectivity index (χ4n) is 1.14. The molecule has 0 unspecified atom stereocenters. The summed E-state index contributed by atoms with van der Waals surface area (Å²) in [4.78, 5) is 10.9. The van der Waals surface area contributed by atoms with E-state index in [2.05, 4.69) is 21.0 Å². The molecular formula is C10H11BrN2O3. The van der Waals surface area contributed by atoms with Gasteiger partial charge in [-0.2, -0.15) is 5.10 Å². The highest BCUT2D eigenvalue weighted by atomic mass is 79.9. The molecule has 16 heavy (non-hydrogen) atoms. The monoisotopic (exact) mass is 286 g/mol. The normalized spacial score (nSPS) is 10.4. The molecule has 0 saturated heterocycles. The van der Waals surface area contributed by atoms with E-state index in [0.717, 1.165) is 5.56 Å². The average Bonchev–Trinajstić information content (AvgIpc) is 2.21. The van der Waals surface area contributed by atoms with Crippen LogP contribution in [0, 0.1) is 0 Å². The number of ether oxygens (including phenoxy) is 2. The predicted octanol–water partition coefficient (Wildman–Crippen LogP) is 1.68. The average molecular weight is 287 g/mol. The Morgan fingerprint density at radius 3 is 2.75 bits per heavy atom. The SMILES string of the molecule is COc1cc(C=NN)cc(Br)c1OC(C)=O. The van der Waals surface area contributed by atoms with Crippen LogP contribution in [-0.2, 0) is 4.79 Å². The van der Waals surface area contributed by atoms with E-state index in [-0.39, 0.29) is 0 Å². The lowest BCUT2D eigenvalue weighted by molar-refractivity contribution is -0.132. The summed E-state index contributed by atoms with van der Waals surface area (Å²) in [7, 11) is 1.48. The van der Waals surface area contributed by atoms with Crippen LogP contribution in [-0.4, -0.2) is 19.3 Å². The first kappa shape index (κ1) is 12.5. The van der Waals surface area contributed by atoms with E-state index in [4.69, 9.17) is 15.3 Å². The molecule has 0 aliphatic carbocycles. The lowest BCUT2D eigenvalue weighted by atomic mass is 10.2. The van der Waals surface area contributed by atoms with E-state index >= 15 is 0 Å². The van der Waals surface area contributed by atoms with Crippen molar-refractivity contribution in [3.8, 4) is 11.5 Å². The first-order chi connectivity index (χ1) is 7.58. The highest BCUT2D eigenvalue weighted by Crippen LogP contribution is 2.36. The number of hydrogen-bond donors (Lipinski definition) is 1. The molecule has 0 heterocycles. The number of halogens is 1. The number of carbonyl (C=O) groups excluding carboxylic acids is 1. The molecule has 0 fully saturated rings. The fourth-order valence-corrected chi connectivity index (χ4v) is 1.68. The first-order valence-corrected chi connectivity index (χ1v) is 5.17. The quantitative estimate of drug-likeness (QED) is 0.302. The van der Waals surface area contributed by atoms with Crippen molar-refractivity contribution < 1.29 is 14.3 Å². The second-order valence-electron chi connectivity index (χ2n) is 2.91. The minimum Gasteiger partial charge on any atom is -0.493 e. The lowest BCUT2D eigenvalue weighted by Gasteiger charge is -2.10. The minimum atomic E-state index is -0.417. The maximum Gasteiger partial charge on any atom is 0.308 e. The number of hydrazone groups is 1. The Kier molecular flexibility index (Phi) is 4.30. The molecule has 0 bridgehead atoms. The van der Waals surface area contributed by atoms with Gasteiger partial charge in [-0.25, -0.2) is 0 Å². The number of methoxy groups -OCH3 is 1. The van der Waals surface area contributed by atoms with Gasteiger partial charge >= 0.3 is 5.97 Å². The molecule has 0 aliphatic heterocycles. The van der Waals surface area contributed by atoms with Crippen LogP contribution in [0.1, 0.15) is 12.5 Å². The molecule has 6 heteroatoms. The van der Waals surface area contributed by atoms with Crippen LogP contribution in [0.15, 0.2) is 21.7 Å². The molecule has 86 valence electrons. The van der Waals surface area contributed by atoms with Crippen molar-refractivity contribution >= 4 is 28.1 Å². The van der Waals surface area contributed by atoms with E-state index < -0.39 is 5.97 Å². The number of nitrogens with zero attached hydrogens (tertiary/aromatic N) is 1. The summed E-state index contributed by atoms with van der Waals surface area (Å²) in [5, 5.41) is 3.40. The first-order valence-electron chi connectivity index (χ1n) is 4.37. The second kappa shape index (κ2) is 5.50. The topological polar surface area (TPSA) is 73.9 Å². The molecule has 0 spiro atoms. The smallest absolute Gasteiger partial charge is 0.308 e. The summed E-state index contributed by atoms with van der Waals surface area (Å²) < 4.78 is 10.7. The highest BCUT2D eigenvalue weighted by molar-refractivity contribution is 9.10. The highest BCUT2D eigenvalue weighted by Gasteiger charge is 2.12. The molecule has 1 aromatic rings. The van der Waals surface area contributed by atoms with Crippen LogP contribution in [0.25, 0.3) is 0 Å². The Labute approximate surface area is 101 Å². The number of nitrogens with two attached hydrogens (primary N) is 1. The number of esters is 1. The molecular weight excluding hydrogens is 276 g/mol. The molecule has 2 N–H and O–H groups in total. The molecule has 0 amide bonds. The van der Waals surface area contributed by atoms with E-state index in [1.807, 2.05) is 0 Å². The summed E-state index contributed by atoms with van der Waals surface area (Å²) in [6.45, 7) is 1.32. The van der Waals surface area contributed by atoms with Gasteiger partial charge < -0.3 is 15.3 Å². The van der Waals surface area contributed by atoms with Gasteiger partial charge in [-0.1, -0.05) is 0 Å². The van der Waals surface area contributed by atoms with Crippen LogP contribution in [0.3, 0.4) is 0 Å². The molecule has 5 nitrogen and oxygen atoms in total. The summed E-state index contributed by atoms with van der Waals surface area (Å²) in [6.07, 6.45) is 1.46. The van der Waals surface area contributed by atoms with Crippen molar-refractivity contribution in [3.63, 3.8) is 0 Å². The van der Waals surface area contributed by atoms with E-state index in [1.54, 1.807) is 12.1 Å². The van der Waals surface area contributed by atoms with Gasteiger partial charge in [0.15, 0.2) is 11.5 Å². The number of rotatable bonds is 3. The standard InChI is InChI=1S/C10H11BrN2O3/c1-6(14)16-10-8(11)3-7(5-13-12)4-9(10)15-2/h3-5H,12H2,1-2H3. The molecule has 1 rings (SSSR count).